The first-order valence-electron chi connectivity index (χ1n) is 1.94. The zero-order valence-corrected chi connectivity index (χ0v) is 5.44. The highest BCUT2D eigenvalue weighted by atomic mass is 32.2. The Bertz CT molecular complexity index is 93.9. The first-order valence-corrected chi connectivity index (χ1v) is 2.98. The molecule has 50 valence electrons. The summed E-state index contributed by atoms with van der Waals surface area (Å²) in [6.45, 7) is 2.53. The van der Waals surface area contributed by atoms with Gasteiger partial charge in [-0.3, -0.25) is 4.55 Å². The van der Waals surface area contributed by atoms with Crippen LogP contribution >= 0.6 is 0 Å². The predicted octanol–water partition coefficient (Wildman–Crippen LogP) is -0.132. The van der Waals surface area contributed by atoms with Crippen LogP contribution in [-0.2, 0) is 15.5 Å². The van der Waals surface area contributed by atoms with Crippen molar-refractivity contribution in [1.82, 2.24) is 0 Å². The summed E-state index contributed by atoms with van der Waals surface area (Å²) in [5.41, 5.74) is 0. The van der Waals surface area contributed by atoms with E-state index in [0.29, 0.717) is 0 Å². The molecule has 0 amide bonds. The first kappa shape index (κ1) is 8.03. The lowest BCUT2D eigenvalue weighted by Gasteiger charge is -2.12. The van der Waals surface area contributed by atoms with Crippen molar-refractivity contribution in [3.8, 4) is 0 Å². The molecule has 0 saturated heterocycles. The van der Waals surface area contributed by atoms with Gasteiger partial charge >= 0.3 is 11.4 Å². The Morgan fingerprint density at radius 3 is 2.00 bits per heavy atom. The van der Waals surface area contributed by atoms with Gasteiger partial charge in [-0.2, -0.15) is 4.21 Å². The highest BCUT2D eigenvalue weighted by Gasteiger charge is 2.15. The van der Waals surface area contributed by atoms with E-state index >= 15 is 0 Å². The van der Waals surface area contributed by atoms with Gasteiger partial charge < -0.3 is 5.11 Å². The van der Waals surface area contributed by atoms with Crippen molar-refractivity contribution in [2.45, 2.75) is 19.6 Å². The zero-order chi connectivity index (χ0) is 6.78. The fourth-order valence-corrected chi connectivity index (χ4v) is 0.523. The quantitative estimate of drug-likeness (QED) is 0.414. The number of hydrogen-bond donors (Lipinski definition) is 2. The molecule has 0 bridgehead atoms. The normalized spacial score (nSPS) is 16.0. The maximum absolute atomic E-state index is 9.74. The second-order valence-electron chi connectivity index (χ2n) is 1.75. The number of aliphatic hydroxyl groups is 1. The minimum absolute atomic E-state index is 1.27. The molecule has 0 aromatic heterocycles. The van der Waals surface area contributed by atoms with Crippen LogP contribution in [-0.4, -0.2) is 19.7 Å². The summed E-state index contributed by atoms with van der Waals surface area (Å²) in [4.78, 5) is 0. The van der Waals surface area contributed by atoms with E-state index in [4.69, 9.17) is 9.66 Å². The first-order chi connectivity index (χ1) is 3.42. The van der Waals surface area contributed by atoms with Gasteiger partial charge in [0.1, 0.15) is 0 Å². The Kier molecular flexibility index (Phi) is 2.55. The van der Waals surface area contributed by atoms with E-state index in [1.54, 1.807) is 0 Å². The smallest absolute Gasteiger partial charge is 0.304 e. The molecule has 0 spiro atoms. The molecule has 8 heavy (non-hydrogen) atoms. The molecule has 0 aliphatic rings. The van der Waals surface area contributed by atoms with Gasteiger partial charge in [0.25, 0.3) is 0 Å². The fourth-order valence-electron chi connectivity index (χ4n) is 0.174. The summed E-state index contributed by atoms with van der Waals surface area (Å²) < 4.78 is 21.7. The van der Waals surface area contributed by atoms with Crippen LogP contribution in [0, 0.1) is 0 Å². The molecule has 0 radical (unpaired) electrons. The van der Waals surface area contributed by atoms with Gasteiger partial charge in [-0.15, -0.1) is 0 Å². The summed E-state index contributed by atoms with van der Waals surface area (Å²) in [6.07, 6.45) is 0. The van der Waals surface area contributed by atoms with Crippen molar-refractivity contribution in [2.75, 3.05) is 0 Å². The van der Waals surface area contributed by atoms with Crippen molar-refractivity contribution in [3.05, 3.63) is 0 Å². The van der Waals surface area contributed by atoms with Crippen LogP contribution in [0.3, 0.4) is 0 Å². The van der Waals surface area contributed by atoms with E-state index in [1.807, 2.05) is 0 Å². The Balaban J connectivity index is 3.55. The largest absolute Gasteiger partial charge is 0.365 e. The second-order valence-corrected chi connectivity index (χ2v) is 2.35. The number of hydrogen-bond acceptors (Lipinski definition) is 3. The zero-order valence-electron chi connectivity index (χ0n) is 4.62. The summed E-state index contributed by atoms with van der Waals surface area (Å²) in [5.74, 6) is -1.53. The molecule has 0 rings (SSSR count). The van der Waals surface area contributed by atoms with Crippen molar-refractivity contribution in [3.63, 3.8) is 0 Å². The molecule has 5 heteroatoms. The highest BCUT2D eigenvalue weighted by Crippen LogP contribution is 2.03. The van der Waals surface area contributed by atoms with Gasteiger partial charge in [0.05, 0.1) is 0 Å². The molecule has 1 unspecified atom stereocenters. The van der Waals surface area contributed by atoms with E-state index in [0.717, 1.165) is 0 Å². The molecule has 0 fully saturated rings. The van der Waals surface area contributed by atoms with Gasteiger partial charge in [0.2, 0.25) is 0 Å². The molecule has 0 aromatic rings. The maximum atomic E-state index is 9.74. The molecule has 4 nitrogen and oxygen atoms in total. The average Bonchev–Trinajstić information content (AvgIpc) is 1.21. The SMILES string of the molecule is CC(C)(O)OS(=O)O. The van der Waals surface area contributed by atoms with Crippen LogP contribution in [0.2, 0.25) is 0 Å². The Morgan fingerprint density at radius 2 is 2.00 bits per heavy atom. The van der Waals surface area contributed by atoms with Gasteiger partial charge in [-0.1, -0.05) is 0 Å². The van der Waals surface area contributed by atoms with Crippen LogP contribution in [0.15, 0.2) is 0 Å². The lowest BCUT2D eigenvalue weighted by atomic mass is 10.4. The third kappa shape index (κ3) is 6.03. The maximum Gasteiger partial charge on any atom is 0.304 e. The topological polar surface area (TPSA) is 66.8 Å². The van der Waals surface area contributed by atoms with Crippen molar-refractivity contribution in [1.29, 1.82) is 0 Å². The summed E-state index contributed by atoms with van der Waals surface area (Å²) in [5, 5.41) is 8.61. The summed E-state index contributed by atoms with van der Waals surface area (Å²) >= 11 is -2.39. The third-order valence-corrected chi connectivity index (χ3v) is 0.826. The third-order valence-electron chi connectivity index (χ3n) is 0.275. The van der Waals surface area contributed by atoms with Gasteiger partial charge in [0, 0.05) is 0 Å². The lowest BCUT2D eigenvalue weighted by molar-refractivity contribution is -0.100. The molecule has 1 atom stereocenters. The van der Waals surface area contributed by atoms with Gasteiger partial charge in [-0.25, -0.2) is 4.18 Å². The molecular weight excluding hydrogens is 132 g/mol. The van der Waals surface area contributed by atoms with E-state index < -0.39 is 17.1 Å². The Labute approximate surface area is 50.0 Å². The van der Waals surface area contributed by atoms with Gasteiger partial charge in [-0.05, 0) is 13.8 Å². The molecule has 0 aliphatic heterocycles. The molecular formula is C3H8O4S. The van der Waals surface area contributed by atoms with Crippen LogP contribution in [0.25, 0.3) is 0 Å². The monoisotopic (exact) mass is 140 g/mol. The minimum atomic E-state index is -2.39. The lowest BCUT2D eigenvalue weighted by Crippen LogP contribution is -2.23. The van der Waals surface area contributed by atoms with Crippen LogP contribution in [0.1, 0.15) is 13.8 Å². The highest BCUT2D eigenvalue weighted by molar-refractivity contribution is 7.74. The molecule has 0 aromatic carbocycles. The Morgan fingerprint density at radius 1 is 1.62 bits per heavy atom. The summed E-state index contributed by atoms with van der Waals surface area (Å²) in [7, 11) is 0. The molecule has 0 saturated carbocycles. The average molecular weight is 140 g/mol. The fraction of sp³-hybridized carbons (Fsp3) is 1.00. The number of rotatable bonds is 2. The standard InChI is InChI=1S/C3H8O4S/c1-3(2,4)7-8(5)6/h4H,1-2H3,(H,5,6). The Hall–Kier alpha value is 0.0300. The van der Waals surface area contributed by atoms with E-state index in [1.165, 1.54) is 13.8 Å². The van der Waals surface area contributed by atoms with Crippen molar-refractivity contribution in [2.24, 2.45) is 0 Å². The van der Waals surface area contributed by atoms with Crippen molar-refractivity contribution < 1.29 is 18.1 Å². The van der Waals surface area contributed by atoms with E-state index in [-0.39, 0.29) is 0 Å². The van der Waals surface area contributed by atoms with E-state index in [2.05, 4.69) is 4.18 Å². The molecule has 0 aliphatic carbocycles. The van der Waals surface area contributed by atoms with Crippen LogP contribution in [0.5, 0.6) is 0 Å². The van der Waals surface area contributed by atoms with E-state index in [9.17, 15) is 4.21 Å². The van der Waals surface area contributed by atoms with Crippen molar-refractivity contribution >= 4 is 11.4 Å². The van der Waals surface area contributed by atoms with Crippen LogP contribution in [0.4, 0.5) is 0 Å². The summed E-state index contributed by atoms with van der Waals surface area (Å²) in [6, 6.07) is 0. The van der Waals surface area contributed by atoms with Crippen LogP contribution < -0.4 is 0 Å². The molecule has 2 N–H and O–H groups in total. The minimum Gasteiger partial charge on any atom is -0.365 e. The molecule has 0 heterocycles. The van der Waals surface area contributed by atoms with Gasteiger partial charge in [0.15, 0.2) is 5.79 Å². The predicted molar refractivity (Wildman–Crippen MR) is 28.2 cm³/mol. The second kappa shape index (κ2) is 2.54.